The monoisotopic (exact) mass is 372 g/mol. The molecule has 0 saturated heterocycles. The first-order valence-electron chi connectivity index (χ1n) is 8.98. The molecular weight excluding hydrogens is 348 g/mol. The van der Waals surface area contributed by atoms with E-state index in [0.717, 1.165) is 31.2 Å². The molecule has 0 saturated carbocycles. The Morgan fingerprint density at radius 1 is 1.11 bits per heavy atom. The first-order valence-corrected chi connectivity index (χ1v) is 8.98. The van der Waals surface area contributed by atoms with Crippen molar-refractivity contribution >= 4 is 11.9 Å². The molecule has 2 rings (SSSR count). The summed E-state index contributed by atoms with van der Waals surface area (Å²) < 4.78 is 1.47. The fourth-order valence-electron chi connectivity index (χ4n) is 2.86. The van der Waals surface area contributed by atoms with Gasteiger partial charge in [-0.25, -0.2) is 0 Å². The highest BCUT2D eigenvalue weighted by Crippen LogP contribution is 2.24. The SMILES string of the molecule is CCCCCCn1c(-c2ccccc2)cc(O)c(C(=O)NCC(=O)O)c1=O. The lowest BCUT2D eigenvalue weighted by Crippen LogP contribution is -2.36. The average Bonchev–Trinajstić information content (AvgIpc) is 2.65. The molecule has 1 amide bonds. The van der Waals surface area contributed by atoms with Crippen molar-refractivity contribution in [2.24, 2.45) is 0 Å². The van der Waals surface area contributed by atoms with Gasteiger partial charge in [0.15, 0.2) is 0 Å². The van der Waals surface area contributed by atoms with Crippen LogP contribution in [0, 0.1) is 0 Å². The zero-order valence-corrected chi connectivity index (χ0v) is 15.3. The number of aromatic hydroxyl groups is 1. The Kier molecular flexibility index (Phi) is 7.16. The Bertz CT molecular complexity index is 859. The molecular formula is C20H24N2O5. The molecule has 0 fully saturated rings. The smallest absolute Gasteiger partial charge is 0.322 e. The maximum Gasteiger partial charge on any atom is 0.322 e. The summed E-state index contributed by atoms with van der Waals surface area (Å²) in [7, 11) is 0. The van der Waals surface area contributed by atoms with E-state index in [1.54, 1.807) is 0 Å². The normalized spacial score (nSPS) is 10.6. The number of carboxylic acid groups (broad SMARTS) is 1. The van der Waals surface area contributed by atoms with E-state index in [-0.39, 0.29) is 0 Å². The van der Waals surface area contributed by atoms with Gasteiger partial charge in [-0.1, -0.05) is 56.5 Å². The zero-order chi connectivity index (χ0) is 19.8. The molecule has 27 heavy (non-hydrogen) atoms. The maximum atomic E-state index is 12.9. The summed E-state index contributed by atoms with van der Waals surface area (Å²) in [5.41, 5.74) is 0.196. The van der Waals surface area contributed by atoms with Gasteiger partial charge >= 0.3 is 5.97 Å². The molecule has 0 bridgehead atoms. The lowest BCUT2D eigenvalue weighted by atomic mass is 10.1. The van der Waals surface area contributed by atoms with Crippen LogP contribution in [0.3, 0.4) is 0 Å². The van der Waals surface area contributed by atoms with Gasteiger partial charge in [0.2, 0.25) is 0 Å². The standard InChI is InChI=1S/C20H24N2O5/c1-2-3-4-8-11-22-15(14-9-6-5-7-10-14)12-16(23)18(20(22)27)19(26)21-13-17(24)25/h5-7,9-10,12,23H,2-4,8,11,13H2,1H3,(H,21,26)(H,24,25). The first kappa shape index (κ1) is 20.2. The third kappa shape index (κ3) is 5.20. The molecule has 1 aromatic heterocycles. The van der Waals surface area contributed by atoms with E-state index in [4.69, 9.17) is 5.11 Å². The molecule has 1 aromatic carbocycles. The van der Waals surface area contributed by atoms with Gasteiger partial charge in [0.1, 0.15) is 17.9 Å². The molecule has 3 N–H and O–H groups in total. The second-order valence-corrected chi connectivity index (χ2v) is 6.25. The number of hydrogen-bond acceptors (Lipinski definition) is 4. The summed E-state index contributed by atoms with van der Waals surface area (Å²) in [5.74, 6) is -2.60. The van der Waals surface area contributed by atoms with Gasteiger partial charge in [0.05, 0.1) is 5.69 Å². The predicted molar refractivity (Wildman–Crippen MR) is 102 cm³/mol. The number of benzene rings is 1. The summed E-state index contributed by atoms with van der Waals surface area (Å²) in [4.78, 5) is 35.8. The predicted octanol–water partition coefficient (Wildman–Crippen LogP) is 2.62. The van der Waals surface area contributed by atoms with Crippen LogP contribution in [0.5, 0.6) is 5.75 Å². The molecule has 0 unspecified atom stereocenters. The number of nitrogens with zero attached hydrogens (tertiary/aromatic N) is 1. The fourth-order valence-corrected chi connectivity index (χ4v) is 2.86. The number of carbonyl (C=O) groups excluding carboxylic acids is 1. The fraction of sp³-hybridized carbons (Fsp3) is 0.350. The Morgan fingerprint density at radius 3 is 2.44 bits per heavy atom. The molecule has 0 spiro atoms. The second kappa shape index (κ2) is 9.56. The van der Waals surface area contributed by atoms with Crippen LogP contribution in [0.15, 0.2) is 41.2 Å². The molecule has 0 aliphatic carbocycles. The van der Waals surface area contributed by atoms with Crippen molar-refractivity contribution in [3.63, 3.8) is 0 Å². The minimum atomic E-state index is -1.23. The van der Waals surface area contributed by atoms with Crippen molar-refractivity contribution in [3.05, 3.63) is 52.3 Å². The van der Waals surface area contributed by atoms with Gasteiger partial charge in [-0.15, -0.1) is 0 Å². The molecule has 0 aliphatic rings. The van der Waals surface area contributed by atoms with Crippen molar-refractivity contribution in [1.82, 2.24) is 9.88 Å². The molecule has 0 atom stereocenters. The minimum absolute atomic E-state index is 0.405. The lowest BCUT2D eigenvalue weighted by Gasteiger charge is -2.16. The first-order chi connectivity index (χ1) is 13.0. The third-order valence-electron chi connectivity index (χ3n) is 4.21. The molecule has 0 radical (unpaired) electrons. The van der Waals surface area contributed by atoms with E-state index in [9.17, 15) is 19.5 Å². The Labute approximate surface area is 157 Å². The molecule has 1 heterocycles. The van der Waals surface area contributed by atoms with Gasteiger partial charge in [-0.05, 0) is 12.0 Å². The van der Waals surface area contributed by atoms with Crippen LogP contribution in [0.1, 0.15) is 43.0 Å². The van der Waals surface area contributed by atoms with Crippen LogP contribution >= 0.6 is 0 Å². The molecule has 2 aromatic rings. The summed E-state index contributed by atoms with van der Waals surface area (Å²) >= 11 is 0. The van der Waals surface area contributed by atoms with Crippen LogP contribution < -0.4 is 10.9 Å². The molecule has 0 aliphatic heterocycles. The highest BCUT2D eigenvalue weighted by atomic mass is 16.4. The van der Waals surface area contributed by atoms with Crippen molar-refractivity contribution in [3.8, 4) is 17.0 Å². The number of nitrogens with one attached hydrogen (secondary N) is 1. The van der Waals surface area contributed by atoms with Crippen LogP contribution in [0.2, 0.25) is 0 Å². The van der Waals surface area contributed by atoms with E-state index in [1.165, 1.54) is 10.6 Å². The van der Waals surface area contributed by atoms with E-state index >= 15 is 0 Å². The number of amides is 1. The number of hydrogen-bond donors (Lipinski definition) is 3. The van der Waals surface area contributed by atoms with Crippen LogP contribution in [-0.4, -0.2) is 33.2 Å². The summed E-state index contributed by atoms with van der Waals surface area (Å²) in [6.45, 7) is 1.87. The Morgan fingerprint density at radius 2 is 1.81 bits per heavy atom. The van der Waals surface area contributed by atoms with Gasteiger partial charge in [-0.3, -0.25) is 14.4 Å². The number of pyridine rings is 1. The highest BCUT2D eigenvalue weighted by molar-refractivity contribution is 5.98. The second-order valence-electron chi connectivity index (χ2n) is 6.25. The molecule has 7 nitrogen and oxygen atoms in total. The van der Waals surface area contributed by atoms with E-state index in [2.05, 4.69) is 12.2 Å². The largest absolute Gasteiger partial charge is 0.507 e. The summed E-state index contributed by atoms with van der Waals surface area (Å²) in [6, 6.07) is 10.5. The number of aliphatic carboxylic acids is 1. The van der Waals surface area contributed by atoms with Gasteiger partial charge < -0.3 is 20.1 Å². The topological polar surface area (TPSA) is 109 Å². The minimum Gasteiger partial charge on any atom is -0.507 e. The van der Waals surface area contributed by atoms with Crippen molar-refractivity contribution < 1.29 is 19.8 Å². The summed E-state index contributed by atoms with van der Waals surface area (Å²) in [5, 5.41) is 21.1. The quantitative estimate of drug-likeness (QED) is 0.586. The number of unbranched alkanes of at least 4 members (excludes halogenated alkanes) is 3. The van der Waals surface area contributed by atoms with Crippen molar-refractivity contribution in [1.29, 1.82) is 0 Å². The van der Waals surface area contributed by atoms with E-state index in [1.807, 2.05) is 30.3 Å². The Balaban J connectivity index is 2.47. The number of carbonyl (C=O) groups is 2. The number of rotatable bonds is 9. The summed E-state index contributed by atoms with van der Waals surface area (Å²) in [6.07, 6.45) is 3.80. The maximum absolute atomic E-state index is 12.9. The zero-order valence-electron chi connectivity index (χ0n) is 15.3. The van der Waals surface area contributed by atoms with Crippen LogP contribution in [0.4, 0.5) is 0 Å². The average molecular weight is 372 g/mol. The number of aromatic nitrogens is 1. The van der Waals surface area contributed by atoms with Gasteiger partial charge in [-0.2, -0.15) is 0 Å². The number of carboxylic acids is 1. The van der Waals surface area contributed by atoms with Gasteiger partial charge in [0.25, 0.3) is 11.5 Å². The van der Waals surface area contributed by atoms with Crippen molar-refractivity contribution in [2.75, 3.05) is 6.54 Å². The highest BCUT2D eigenvalue weighted by Gasteiger charge is 2.21. The molecule has 144 valence electrons. The lowest BCUT2D eigenvalue weighted by molar-refractivity contribution is -0.135. The van der Waals surface area contributed by atoms with Gasteiger partial charge in [0, 0.05) is 12.6 Å². The van der Waals surface area contributed by atoms with Crippen molar-refractivity contribution in [2.45, 2.75) is 39.2 Å². The third-order valence-corrected chi connectivity index (χ3v) is 4.21. The van der Waals surface area contributed by atoms with Crippen LogP contribution in [0.25, 0.3) is 11.3 Å². The van der Waals surface area contributed by atoms with Crippen LogP contribution in [-0.2, 0) is 11.3 Å². The van der Waals surface area contributed by atoms with E-state index < -0.39 is 35.3 Å². The molecule has 7 heteroatoms. The van der Waals surface area contributed by atoms with E-state index in [0.29, 0.717) is 12.2 Å². The Hall–Kier alpha value is -3.09.